The third-order valence-electron chi connectivity index (χ3n) is 4.51. The van der Waals surface area contributed by atoms with Gasteiger partial charge in [0.25, 0.3) is 0 Å². The van der Waals surface area contributed by atoms with Crippen molar-refractivity contribution in [1.29, 1.82) is 0 Å². The Hall–Kier alpha value is -1.61. The van der Waals surface area contributed by atoms with Gasteiger partial charge in [-0.25, -0.2) is 0 Å². The van der Waals surface area contributed by atoms with Crippen molar-refractivity contribution in [1.82, 2.24) is 4.98 Å². The van der Waals surface area contributed by atoms with E-state index in [0.29, 0.717) is 12.6 Å². The molecule has 2 aromatic rings. The standard InChI is InChI=1S/C18H25N3/c1-2-7-15-8-5-6-11-21(15)18-12-14(13-19)20-17-10-4-3-9-16(17)18/h3-4,9-10,12,15H,2,5-8,11,13,19H2,1H3. The predicted molar refractivity (Wildman–Crippen MR) is 89.5 cm³/mol. The Kier molecular flexibility index (Phi) is 4.39. The molecular weight excluding hydrogens is 258 g/mol. The van der Waals surface area contributed by atoms with Crippen LogP contribution in [0.1, 0.15) is 44.7 Å². The topological polar surface area (TPSA) is 42.1 Å². The summed E-state index contributed by atoms with van der Waals surface area (Å²) in [5.41, 5.74) is 9.24. The zero-order valence-electron chi connectivity index (χ0n) is 12.9. The van der Waals surface area contributed by atoms with Crippen LogP contribution in [0.25, 0.3) is 10.9 Å². The van der Waals surface area contributed by atoms with E-state index in [1.807, 2.05) is 0 Å². The van der Waals surface area contributed by atoms with Crippen molar-refractivity contribution in [2.45, 2.75) is 51.6 Å². The van der Waals surface area contributed by atoms with E-state index in [2.05, 4.69) is 47.1 Å². The van der Waals surface area contributed by atoms with E-state index in [1.54, 1.807) is 0 Å². The highest BCUT2D eigenvalue weighted by Crippen LogP contribution is 2.33. The zero-order valence-corrected chi connectivity index (χ0v) is 12.9. The van der Waals surface area contributed by atoms with Crippen molar-refractivity contribution in [2.24, 2.45) is 5.73 Å². The molecule has 1 atom stereocenters. The van der Waals surface area contributed by atoms with Crippen LogP contribution in [0.2, 0.25) is 0 Å². The molecule has 112 valence electrons. The third kappa shape index (κ3) is 2.88. The SMILES string of the molecule is CCCC1CCCCN1c1cc(CN)nc2ccccc12. The molecule has 1 aliphatic heterocycles. The summed E-state index contributed by atoms with van der Waals surface area (Å²) in [6.07, 6.45) is 6.47. The van der Waals surface area contributed by atoms with Gasteiger partial charge in [-0.1, -0.05) is 31.5 Å². The number of anilines is 1. The van der Waals surface area contributed by atoms with Gasteiger partial charge < -0.3 is 10.6 Å². The molecule has 1 saturated heterocycles. The van der Waals surface area contributed by atoms with Gasteiger partial charge in [0.05, 0.1) is 11.2 Å². The van der Waals surface area contributed by atoms with Crippen LogP contribution in [-0.4, -0.2) is 17.6 Å². The lowest BCUT2D eigenvalue weighted by molar-refractivity contribution is 0.435. The lowest BCUT2D eigenvalue weighted by Gasteiger charge is -2.38. The molecule has 0 radical (unpaired) electrons. The molecule has 3 rings (SSSR count). The summed E-state index contributed by atoms with van der Waals surface area (Å²) in [5, 5.41) is 1.26. The molecular formula is C18H25N3. The van der Waals surface area contributed by atoms with E-state index >= 15 is 0 Å². The molecule has 1 fully saturated rings. The number of hydrogen-bond donors (Lipinski definition) is 1. The zero-order chi connectivity index (χ0) is 14.7. The quantitative estimate of drug-likeness (QED) is 0.926. The predicted octanol–water partition coefficient (Wildman–Crippen LogP) is 3.85. The van der Waals surface area contributed by atoms with Crippen LogP contribution in [0, 0.1) is 0 Å². The number of nitrogens with zero attached hydrogens (tertiary/aromatic N) is 2. The highest BCUT2D eigenvalue weighted by atomic mass is 15.2. The summed E-state index contributed by atoms with van der Waals surface area (Å²) < 4.78 is 0. The van der Waals surface area contributed by atoms with Gasteiger partial charge in [0.2, 0.25) is 0 Å². The average Bonchev–Trinajstić information content (AvgIpc) is 2.54. The van der Waals surface area contributed by atoms with Crippen molar-refractivity contribution in [2.75, 3.05) is 11.4 Å². The second-order valence-electron chi connectivity index (χ2n) is 5.99. The maximum Gasteiger partial charge on any atom is 0.0726 e. The molecule has 0 amide bonds. The minimum Gasteiger partial charge on any atom is -0.368 e. The smallest absolute Gasteiger partial charge is 0.0726 e. The summed E-state index contributed by atoms with van der Waals surface area (Å²) in [6, 6.07) is 11.3. The van der Waals surface area contributed by atoms with Gasteiger partial charge in [0.1, 0.15) is 0 Å². The Bertz CT molecular complexity index is 606. The second kappa shape index (κ2) is 6.44. The molecule has 0 bridgehead atoms. The molecule has 0 spiro atoms. The normalized spacial score (nSPS) is 19.1. The fraction of sp³-hybridized carbons (Fsp3) is 0.500. The summed E-state index contributed by atoms with van der Waals surface area (Å²) in [7, 11) is 0. The third-order valence-corrected chi connectivity index (χ3v) is 4.51. The van der Waals surface area contributed by atoms with Gasteiger partial charge in [-0.05, 0) is 37.8 Å². The molecule has 0 saturated carbocycles. The number of fused-ring (bicyclic) bond motifs is 1. The summed E-state index contributed by atoms with van der Waals surface area (Å²) in [5.74, 6) is 0. The van der Waals surface area contributed by atoms with Crippen LogP contribution in [0.3, 0.4) is 0 Å². The van der Waals surface area contributed by atoms with Crippen LogP contribution in [0.5, 0.6) is 0 Å². The Morgan fingerprint density at radius 1 is 1.29 bits per heavy atom. The number of hydrogen-bond acceptors (Lipinski definition) is 3. The van der Waals surface area contributed by atoms with Crippen molar-refractivity contribution in [3.8, 4) is 0 Å². The van der Waals surface area contributed by atoms with Crippen molar-refractivity contribution in [3.05, 3.63) is 36.0 Å². The maximum absolute atomic E-state index is 5.85. The van der Waals surface area contributed by atoms with E-state index < -0.39 is 0 Å². The van der Waals surface area contributed by atoms with E-state index in [4.69, 9.17) is 5.73 Å². The summed E-state index contributed by atoms with van der Waals surface area (Å²) in [6.45, 7) is 3.94. The van der Waals surface area contributed by atoms with Gasteiger partial charge in [0, 0.05) is 30.2 Å². The van der Waals surface area contributed by atoms with Crippen molar-refractivity contribution < 1.29 is 0 Å². The number of para-hydroxylation sites is 1. The van der Waals surface area contributed by atoms with Crippen LogP contribution < -0.4 is 10.6 Å². The first kappa shape index (κ1) is 14.3. The molecule has 21 heavy (non-hydrogen) atoms. The second-order valence-corrected chi connectivity index (χ2v) is 5.99. The molecule has 1 unspecified atom stereocenters. The van der Waals surface area contributed by atoms with Crippen LogP contribution in [0.15, 0.2) is 30.3 Å². The fourth-order valence-electron chi connectivity index (χ4n) is 3.50. The molecule has 3 nitrogen and oxygen atoms in total. The first-order valence-corrected chi connectivity index (χ1v) is 8.19. The van der Waals surface area contributed by atoms with Gasteiger partial charge in [-0.15, -0.1) is 0 Å². The Labute approximate surface area is 127 Å². The van der Waals surface area contributed by atoms with Gasteiger partial charge >= 0.3 is 0 Å². The number of benzene rings is 1. The van der Waals surface area contributed by atoms with E-state index in [0.717, 1.165) is 17.8 Å². The summed E-state index contributed by atoms with van der Waals surface area (Å²) >= 11 is 0. The number of rotatable bonds is 4. The van der Waals surface area contributed by atoms with Crippen molar-refractivity contribution in [3.63, 3.8) is 0 Å². The highest BCUT2D eigenvalue weighted by Gasteiger charge is 2.23. The lowest BCUT2D eigenvalue weighted by Crippen LogP contribution is -2.39. The van der Waals surface area contributed by atoms with Crippen molar-refractivity contribution >= 4 is 16.6 Å². The number of piperidine rings is 1. The van der Waals surface area contributed by atoms with Crippen LogP contribution in [0.4, 0.5) is 5.69 Å². The molecule has 3 heteroatoms. The van der Waals surface area contributed by atoms with Gasteiger partial charge in [-0.3, -0.25) is 4.98 Å². The largest absolute Gasteiger partial charge is 0.368 e. The summed E-state index contributed by atoms with van der Waals surface area (Å²) in [4.78, 5) is 7.28. The minimum absolute atomic E-state index is 0.504. The van der Waals surface area contributed by atoms with E-state index in [-0.39, 0.29) is 0 Å². The molecule has 0 aliphatic carbocycles. The average molecular weight is 283 g/mol. The minimum atomic E-state index is 0.504. The van der Waals surface area contributed by atoms with Gasteiger partial charge in [-0.2, -0.15) is 0 Å². The Balaban J connectivity index is 2.08. The van der Waals surface area contributed by atoms with E-state index in [9.17, 15) is 0 Å². The first-order chi connectivity index (χ1) is 10.3. The molecule has 2 heterocycles. The number of nitrogens with two attached hydrogens (primary N) is 1. The fourth-order valence-corrected chi connectivity index (χ4v) is 3.50. The van der Waals surface area contributed by atoms with Crippen LogP contribution in [-0.2, 0) is 6.54 Å². The number of pyridine rings is 1. The van der Waals surface area contributed by atoms with Gasteiger partial charge in [0.15, 0.2) is 0 Å². The molecule has 1 aliphatic rings. The van der Waals surface area contributed by atoms with Crippen LogP contribution >= 0.6 is 0 Å². The lowest BCUT2D eigenvalue weighted by atomic mass is 9.96. The molecule has 2 N–H and O–H groups in total. The Morgan fingerprint density at radius 3 is 2.95 bits per heavy atom. The van der Waals surface area contributed by atoms with E-state index in [1.165, 1.54) is 43.2 Å². The Morgan fingerprint density at radius 2 is 2.14 bits per heavy atom. The number of aromatic nitrogens is 1. The maximum atomic E-state index is 5.85. The monoisotopic (exact) mass is 283 g/mol. The highest BCUT2D eigenvalue weighted by molar-refractivity contribution is 5.92. The first-order valence-electron chi connectivity index (χ1n) is 8.19. The molecule has 1 aromatic carbocycles. The molecule has 1 aromatic heterocycles.